The molecule has 0 bridgehead atoms. The normalized spacial score (nSPS) is 11.9. The molecule has 0 amide bonds. The maximum Gasteiger partial charge on any atom is 0.235 e. The van der Waals surface area contributed by atoms with Crippen molar-refractivity contribution in [3.8, 4) is 23.3 Å². The van der Waals surface area contributed by atoms with Crippen LogP contribution in [0.1, 0.15) is 129 Å². The summed E-state index contributed by atoms with van der Waals surface area (Å²) in [4.78, 5) is 4.77. The van der Waals surface area contributed by atoms with Gasteiger partial charge in [-0.3, -0.25) is 5.10 Å². The maximum atomic E-state index is 11.2. The number of nitrogens with one attached hydrogen (secondary N) is 1. The monoisotopic (exact) mass is 564 g/mol. The Morgan fingerprint density at radius 1 is 0.805 bits per heavy atom. The van der Waals surface area contributed by atoms with Gasteiger partial charge in [0.15, 0.2) is 17.2 Å². The van der Waals surface area contributed by atoms with Crippen molar-refractivity contribution in [3.63, 3.8) is 0 Å². The Hall–Kier alpha value is -3.09. The fourth-order valence-electron chi connectivity index (χ4n) is 5.88. The number of ether oxygens (including phenoxy) is 1. The van der Waals surface area contributed by atoms with Crippen LogP contribution >= 0.6 is 0 Å². The molecule has 0 saturated heterocycles. The Morgan fingerprint density at radius 2 is 1.37 bits per heavy atom. The molecule has 1 aromatic carbocycles. The highest BCUT2D eigenvalue weighted by molar-refractivity contribution is 5.84. The number of aromatic amines is 1. The number of aromatic nitrogens is 4. The van der Waals surface area contributed by atoms with Crippen molar-refractivity contribution in [2.45, 2.75) is 136 Å². The Kier molecular flexibility index (Phi) is 11.9. The first-order chi connectivity index (χ1) is 20.0. The number of H-pyrrole nitrogens is 1. The van der Waals surface area contributed by atoms with Gasteiger partial charge in [-0.15, -0.1) is 0 Å². The van der Waals surface area contributed by atoms with Crippen LogP contribution in [0.15, 0.2) is 30.3 Å². The van der Waals surface area contributed by atoms with Crippen LogP contribution in [-0.2, 0) is 6.42 Å². The van der Waals surface area contributed by atoms with E-state index in [1.54, 1.807) is 6.07 Å². The number of fused-ring (bicyclic) bond motifs is 3. The van der Waals surface area contributed by atoms with Crippen LogP contribution in [0.3, 0.4) is 0 Å². The molecule has 0 saturated carbocycles. The summed E-state index contributed by atoms with van der Waals surface area (Å²) < 4.78 is 9.35. The zero-order valence-corrected chi connectivity index (χ0v) is 25.6. The fraction of sp³-hybridized carbons (Fsp3) is 0.618. The second kappa shape index (κ2) is 15.8. The maximum absolute atomic E-state index is 11.2. The quantitative estimate of drug-likeness (QED) is 0.0933. The largest absolute Gasteiger partial charge is 0.494 e. The minimum atomic E-state index is -0.0900. The second-order valence-corrected chi connectivity index (χ2v) is 12.0. The average molecular weight is 565 g/mol. The van der Waals surface area contributed by atoms with Gasteiger partial charge in [0.05, 0.1) is 17.1 Å². The molecule has 7 nitrogen and oxygen atoms in total. The molecule has 0 aliphatic rings. The minimum Gasteiger partial charge on any atom is -0.494 e. The van der Waals surface area contributed by atoms with Gasteiger partial charge in [0.1, 0.15) is 0 Å². The summed E-state index contributed by atoms with van der Waals surface area (Å²) in [5, 5.41) is 25.4. The van der Waals surface area contributed by atoms with Gasteiger partial charge < -0.3 is 14.9 Å². The van der Waals surface area contributed by atoms with E-state index in [2.05, 4.69) is 12.0 Å². The van der Waals surface area contributed by atoms with Gasteiger partial charge in [-0.2, -0.15) is 0 Å². The van der Waals surface area contributed by atoms with Gasteiger partial charge in [0.2, 0.25) is 11.8 Å². The van der Waals surface area contributed by atoms with E-state index in [4.69, 9.17) is 9.72 Å². The van der Waals surface area contributed by atoms with Crippen molar-refractivity contribution in [1.82, 2.24) is 19.2 Å². The zero-order valence-electron chi connectivity index (χ0n) is 25.6. The summed E-state index contributed by atoms with van der Waals surface area (Å²) in [6, 6.07) is 9.50. The summed E-state index contributed by atoms with van der Waals surface area (Å²) >= 11 is 0. The molecule has 0 atom stereocenters. The molecule has 0 aliphatic heterocycles. The van der Waals surface area contributed by atoms with E-state index < -0.39 is 0 Å². The first-order valence-corrected chi connectivity index (χ1v) is 16.3. The first kappa shape index (κ1) is 30.9. The van der Waals surface area contributed by atoms with Crippen LogP contribution in [0.2, 0.25) is 0 Å². The van der Waals surface area contributed by atoms with Gasteiger partial charge >= 0.3 is 0 Å². The molecule has 3 heterocycles. The molecule has 0 radical (unpaired) electrons. The Morgan fingerprint density at radius 3 is 1.95 bits per heavy atom. The van der Waals surface area contributed by atoms with E-state index >= 15 is 0 Å². The third-order valence-corrected chi connectivity index (χ3v) is 8.11. The van der Waals surface area contributed by atoms with Gasteiger partial charge in [-0.1, -0.05) is 115 Å². The Labute approximate surface area is 245 Å². The molecular weight excluding hydrogens is 512 g/mol. The number of benzene rings is 1. The lowest BCUT2D eigenvalue weighted by Gasteiger charge is -2.11. The number of hydrogen-bond donors (Lipinski definition) is 3. The van der Waals surface area contributed by atoms with E-state index in [1.165, 1.54) is 94.5 Å². The number of aromatic hydroxyl groups is 2. The van der Waals surface area contributed by atoms with E-state index in [1.807, 2.05) is 42.6 Å². The third-order valence-electron chi connectivity index (χ3n) is 8.11. The lowest BCUT2D eigenvalue weighted by molar-refractivity contribution is 0.230. The van der Waals surface area contributed by atoms with E-state index in [0.717, 1.165) is 35.9 Å². The van der Waals surface area contributed by atoms with Crippen molar-refractivity contribution in [3.05, 3.63) is 35.9 Å². The van der Waals surface area contributed by atoms with Crippen LogP contribution in [0.5, 0.6) is 17.6 Å². The summed E-state index contributed by atoms with van der Waals surface area (Å²) in [6.45, 7) is 6.18. The first-order valence-electron chi connectivity index (χ1n) is 16.3. The molecule has 0 aliphatic carbocycles. The van der Waals surface area contributed by atoms with Gasteiger partial charge in [0, 0.05) is 11.6 Å². The predicted octanol–water partition coefficient (Wildman–Crippen LogP) is 9.61. The summed E-state index contributed by atoms with van der Waals surface area (Å²) in [6.07, 6.45) is 21.9. The highest BCUT2D eigenvalue weighted by Crippen LogP contribution is 2.39. The number of hydrogen-bond acceptors (Lipinski definition) is 4. The molecule has 0 spiro atoms. The zero-order chi connectivity index (χ0) is 29.0. The van der Waals surface area contributed by atoms with Crippen molar-refractivity contribution in [1.29, 1.82) is 0 Å². The highest BCUT2D eigenvalue weighted by Gasteiger charge is 2.26. The summed E-state index contributed by atoms with van der Waals surface area (Å²) in [5.74, 6) is 0.491. The summed E-state index contributed by atoms with van der Waals surface area (Å²) in [7, 11) is 0. The van der Waals surface area contributed by atoms with Gasteiger partial charge in [-0.05, 0) is 38.8 Å². The minimum absolute atomic E-state index is 0.0174. The van der Waals surface area contributed by atoms with Gasteiger partial charge in [0.25, 0.3) is 0 Å². The fourth-order valence-corrected chi connectivity index (χ4v) is 5.88. The molecule has 7 heteroatoms. The molecule has 0 unspecified atom stereocenters. The van der Waals surface area contributed by atoms with Crippen molar-refractivity contribution in [2.75, 3.05) is 0 Å². The smallest absolute Gasteiger partial charge is 0.235 e. The third kappa shape index (κ3) is 8.23. The van der Waals surface area contributed by atoms with Crippen LogP contribution in [0, 0.1) is 0 Å². The number of imidazole rings is 1. The van der Waals surface area contributed by atoms with Crippen molar-refractivity contribution >= 4 is 16.7 Å². The van der Waals surface area contributed by atoms with Crippen LogP contribution in [0.4, 0.5) is 0 Å². The van der Waals surface area contributed by atoms with Gasteiger partial charge in [-0.25, -0.2) is 14.1 Å². The van der Waals surface area contributed by atoms with E-state index in [9.17, 15) is 10.2 Å². The van der Waals surface area contributed by atoms with Crippen LogP contribution < -0.4 is 4.74 Å². The number of rotatable bonds is 20. The predicted molar refractivity (Wildman–Crippen MR) is 169 cm³/mol. The highest BCUT2D eigenvalue weighted by atomic mass is 16.5. The van der Waals surface area contributed by atoms with E-state index in [-0.39, 0.29) is 17.9 Å². The van der Waals surface area contributed by atoms with E-state index in [0.29, 0.717) is 17.2 Å². The van der Waals surface area contributed by atoms with Crippen molar-refractivity contribution < 1.29 is 14.9 Å². The topological polar surface area (TPSA) is 87.7 Å². The molecular formula is C34H52N4O3. The Balaban J connectivity index is 1.22. The molecule has 41 heavy (non-hydrogen) atoms. The molecule has 4 aromatic rings. The lowest BCUT2D eigenvalue weighted by atomic mass is 10.0. The lowest BCUT2D eigenvalue weighted by Crippen LogP contribution is -2.08. The molecule has 3 N–H and O–H groups in total. The molecule has 3 aromatic heterocycles. The SMILES string of the molecule is CCCCCCCCCCCCCCCCCCc1cc(O)n(-c2c(OC(C)C)[nH]n3c2nc2ccccc23)c1O. The molecule has 4 rings (SSSR count). The average Bonchev–Trinajstić information content (AvgIpc) is 3.56. The summed E-state index contributed by atoms with van der Waals surface area (Å²) in [5.41, 5.74) is 3.59. The van der Waals surface area contributed by atoms with Crippen molar-refractivity contribution in [2.24, 2.45) is 0 Å². The number of para-hydroxylation sites is 2. The Bertz CT molecular complexity index is 1330. The molecule has 0 fully saturated rings. The molecule has 226 valence electrons. The number of aryl methyl sites for hydroxylation is 1. The number of unbranched alkanes of at least 4 members (excludes halogenated alkanes) is 15. The second-order valence-electron chi connectivity index (χ2n) is 12.0. The van der Waals surface area contributed by atoms with Crippen LogP contribution in [-0.4, -0.2) is 35.5 Å². The van der Waals surface area contributed by atoms with Crippen LogP contribution in [0.25, 0.3) is 22.4 Å². The number of nitrogens with zero attached hydrogens (tertiary/aromatic N) is 3. The standard InChI is InChI=1S/C34H52N4O3/c1-4-5-6-7-8-9-10-11-12-13-14-15-16-17-18-19-22-27-25-30(39)37(34(27)40)31-32-35-28-23-20-21-24-29(28)38(32)36-33(31)41-26(2)3/h20-21,23-26,36,39-40H,4-19,22H2,1-3H3.